The lowest BCUT2D eigenvalue weighted by Gasteiger charge is -2.14. The van der Waals surface area contributed by atoms with Gasteiger partial charge in [-0.2, -0.15) is 0 Å². The van der Waals surface area contributed by atoms with Crippen LogP contribution in [0, 0.1) is 0 Å². The second-order valence-corrected chi connectivity index (χ2v) is 5.63. The molecule has 6 heteroatoms. The van der Waals surface area contributed by atoms with Crippen LogP contribution in [0.5, 0.6) is 0 Å². The first-order valence-corrected chi connectivity index (χ1v) is 7.08. The van der Waals surface area contributed by atoms with Gasteiger partial charge in [-0.1, -0.05) is 28.1 Å². The third-order valence-corrected chi connectivity index (χ3v) is 3.71. The Morgan fingerprint density at radius 1 is 1.25 bits per heavy atom. The lowest BCUT2D eigenvalue weighted by molar-refractivity contribution is -0.117. The molecule has 1 aliphatic heterocycles. The molecule has 1 aromatic carbocycles. The largest absolute Gasteiger partial charge is 0.326 e. The predicted octanol–water partition coefficient (Wildman–Crippen LogP) is 1.97. The summed E-state index contributed by atoms with van der Waals surface area (Å²) in [6.45, 7) is 0.475. The van der Waals surface area contributed by atoms with Crippen LogP contribution in [-0.2, 0) is 4.79 Å². The first-order chi connectivity index (χ1) is 9.63. The summed E-state index contributed by atoms with van der Waals surface area (Å²) >= 11 is 3.40. The molecule has 0 aliphatic carbocycles. The molecule has 1 amide bonds. The second kappa shape index (κ2) is 5.30. The number of nitrogens with zero attached hydrogens (tertiary/aromatic N) is 3. The average molecular weight is 333 g/mol. The number of nitrogens with two attached hydrogens (primary N) is 1. The molecule has 20 heavy (non-hydrogen) atoms. The summed E-state index contributed by atoms with van der Waals surface area (Å²) in [4.78, 5) is 22.0. The van der Waals surface area contributed by atoms with E-state index in [1.807, 2.05) is 30.3 Å². The van der Waals surface area contributed by atoms with Crippen LogP contribution in [0.4, 0.5) is 5.95 Å². The fourth-order valence-corrected chi connectivity index (χ4v) is 2.45. The summed E-state index contributed by atoms with van der Waals surface area (Å²) < 4.78 is 1.01. The highest BCUT2D eigenvalue weighted by Gasteiger charge is 2.29. The number of hydrogen-bond acceptors (Lipinski definition) is 4. The van der Waals surface area contributed by atoms with E-state index < -0.39 is 0 Å². The van der Waals surface area contributed by atoms with Crippen LogP contribution in [0.3, 0.4) is 0 Å². The first kappa shape index (κ1) is 13.2. The van der Waals surface area contributed by atoms with E-state index >= 15 is 0 Å². The summed E-state index contributed by atoms with van der Waals surface area (Å²) in [6.07, 6.45) is 2.02. The molecular weight excluding hydrogens is 320 g/mol. The molecule has 1 aliphatic rings. The van der Waals surface area contributed by atoms with Gasteiger partial charge in [-0.15, -0.1) is 0 Å². The smallest absolute Gasteiger partial charge is 0.232 e. The Morgan fingerprint density at radius 3 is 2.65 bits per heavy atom. The quantitative estimate of drug-likeness (QED) is 0.912. The topological polar surface area (TPSA) is 72.1 Å². The number of amides is 1. The number of hydrogen-bond donors (Lipinski definition) is 1. The minimum absolute atomic E-state index is 0.0227. The van der Waals surface area contributed by atoms with Gasteiger partial charge in [0, 0.05) is 35.2 Å². The Hall–Kier alpha value is -1.79. The molecule has 0 saturated carbocycles. The van der Waals surface area contributed by atoms with Crippen LogP contribution >= 0.6 is 15.9 Å². The van der Waals surface area contributed by atoms with Crippen molar-refractivity contribution in [2.45, 2.75) is 12.5 Å². The maximum absolute atomic E-state index is 11.8. The summed E-state index contributed by atoms with van der Waals surface area (Å²) in [7, 11) is 0. The molecule has 102 valence electrons. The van der Waals surface area contributed by atoms with E-state index in [1.54, 1.807) is 11.1 Å². The lowest BCUT2D eigenvalue weighted by Crippen LogP contribution is -2.29. The van der Waals surface area contributed by atoms with Gasteiger partial charge in [0.1, 0.15) is 0 Å². The molecule has 0 spiro atoms. The van der Waals surface area contributed by atoms with Gasteiger partial charge in [-0.25, -0.2) is 9.97 Å². The van der Waals surface area contributed by atoms with Crippen molar-refractivity contribution < 1.29 is 4.79 Å². The summed E-state index contributed by atoms with van der Waals surface area (Å²) in [5.41, 5.74) is 7.56. The Kier molecular flexibility index (Phi) is 3.50. The Morgan fingerprint density at radius 2 is 2.00 bits per heavy atom. The van der Waals surface area contributed by atoms with Gasteiger partial charge >= 0.3 is 0 Å². The van der Waals surface area contributed by atoms with Crippen molar-refractivity contribution in [2.24, 2.45) is 5.73 Å². The van der Waals surface area contributed by atoms with Gasteiger partial charge in [0.2, 0.25) is 11.9 Å². The molecule has 2 heterocycles. The van der Waals surface area contributed by atoms with E-state index in [0.717, 1.165) is 15.7 Å². The van der Waals surface area contributed by atoms with E-state index in [2.05, 4.69) is 25.9 Å². The van der Waals surface area contributed by atoms with Crippen molar-refractivity contribution in [1.29, 1.82) is 0 Å². The zero-order chi connectivity index (χ0) is 14.1. The minimum atomic E-state index is -0.137. The minimum Gasteiger partial charge on any atom is -0.326 e. The highest BCUT2D eigenvalue weighted by atomic mass is 79.9. The second-order valence-electron chi connectivity index (χ2n) is 4.72. The average Bonchev–Trinajstić information content (AvgIpc) is 2.79. The zero-order valence-electron chi connectivity index (χ0n) is 10.7. The van der Waals surface area contributed by atoms with Gasteiger partial charge in [0.15, 0.2) is 0 Å². The van der Waals surface area contributed by atoms with Crippen molar-refractivity contribution in [2.75, 3.05) is 11.4 Å². The molecule has 5 nitrogen and oxygen atoms in total. The van der Waals surface area contributed by atoms with Crippen molar-refractivity contribution in [3.63, 3.8) is 0 Å². The molecule has 0 bridgehead atoms. The van der Waals surface area contributed by atoms with Crippen LogP contribution in [0.2, 0.25) is 0 Å². The van der Waals surface area contributed by atoms with Crippen LogP contribution in [0.15, 0.2) is 41.0 Å². The van der Waals surface area contributed by atoms with Gasteiger partial charge in [0.25, 0.3) is 0 Å². The molecule has 1 atom stereocenters. The Bertz CT molecular complexity index is 644. The molecule has 2 N–H and O–H groups in total. The Balaban J connectivity index is 1.94. The fourth-order valence-electron chi connectivity index (χ4n) is 2.19. The maximum atomic E-state index is 11.8. The summed E-state index contributed by atoms with van der Waals surface area (Å²) in [5, 5.41) is 0. The highest BCUT2D eigenvalue weighted by Crippen LogP contribution is 2.23. The van der Waals surface area contributed by atoms with Crippen molar-refractivity contribution >= 4 is 27.8 Å². The van der Waals surface area contributed by atoms with E-state index in [0.29, 0.717) is 18.9 Å². The van der Waals surface area contributed by atoms with E-state index in [4.69, 9.17) is 5.73 Å². The molecule has 0 radical (unpaired) electrons. The van der Waals surface area contributed by atoms with Crippen molar-refractivity contribution in [3.05, 3.63) is 41.0 Å². The van der Waals surface area contributed by atoms with Gasteiger partial charge < -0.3 is 5.73 Å². The van der Waals surface area contributed by atoms with Gasteiger partial charge in [-0.05, 0) is 18.2 Å². The SMILES string of the molecule is NC1CC(=O)N(c2nccc(-c3ccc(Br)cc3)n2)C1. The number of carbonyl (C=O) groups is 1. The zero-order valence-corrected chi connectivity index (χ0v) is 12.2. The lowest BCUT2D eigenvalue weighted by atomic mass is 10.1. The first-order valence-electron chi connectivity index (χ1n) is 6.28. The monoisotopic (exact) mass is 332 g/mol. The molecule has 2 aromatic rings. The normalized spacial score (nSPS) is 18.6. The predicted molar refractivity (Wildman–Crippen MR) is 80.1 cm³/mol. The van der Waals surface area contributed by atoms with Crippen LogP contribution in [0.25, 0.3) is 11.3 Å². The fraction of sp³-hybridized carbons (Fsp3) is 0.214. The van der Waals surface area contributed by atoms with Crippen LogP contribution in [-0.4, -0.2) is 28.5 Å². The van der Waals surface area contributed by atoms with Crippen LogP contribution in [0.1, 0.15) is 6.42 Å². The summed E-state index contributed by atoms with van der Waals surface area (Å²) in [6, 6.07) is 9.53. The number of aromatic nitrogens is 2. The molecular formula is C14H13BrN4O. The third-order valence-electron chi connectivity index (χ3n) is 3.18. The summed E-state index contributed by atoms with van der Waals surface area (Å²) in [5.74, 6) is 0.397. The third kappa shape index (κ3) is 2.57. The van der Waals surface area contributed by atoms with E-state index in [9.17, 15) is 4.79 Å². The van der Waals surface area contributed by atoms with Crippen molar-refractivity contribution in [3.8, 4) is 11.3 Å². The number of rotatable bonds is 2. The number of halogens is 1. The number of benzene rings is 1. The highest BCUT2D eigenvalue weighted by molar-refractivity contribution is 9.10. The van der Waals surface area contributed by atoms with E-state index in [-0.39, 0.29) is 11.9 Å². The number of carbonyl (C=O) groups excluding carboxylic acids is 1. The molecule has 1 unspecified atom stereocenters. The molecule has 1 fully saturated rings. The van der Waals surface area contributed by atoms with E-state index in [1.165, 1.54) is 0 Å². The van der Waals surface area contributed by atoms with Gasteiger partial charge in [0.05, 0.1) is 5.69 Å². The standard InChI is InChI=1S/C14H13BrN4O/c15-10-3-1-9(2-4-10)12-5-6-17-14(18-12)19-8-11(16)7-13(19)20/h1-6,11H,7-8,16H2. The molecule has 1 aromatic heterocycles. The number of anilines is 1. The van der Waals surface area contributed by atoms with Crippen LogP contribution < -0.4 is 10.6 Å². The van der Waals surface area contributed by atoms with Crippen molar-refractivity contribution in [1.82, 2.24) is 9.97 Å². The Labute approximate surface area is 125 Å². The maximum Gasteiger partial charge on any atom is 0.232 e. The molecule has 1 saturated heterocycles. The molecule has 3 rings (SSSR count). The van der Waals surface area contributed by atoms with Gasteiger partial charge in [-0.3, -0.25) is 9.69 Å².